The number of Topliss-reactive ketones (excluding diaryl/α,β-unsaturated/α-hetero) is 1. The molecular formula is C28H26N2O5S. The highest BCUT2D eigenvalue weighted by atomic mass is 32.2. The lowest BCUT2D eigenvalue weighted by atomic mass is 10.1. The Hall–Kier alpha value is -4.04. The Kier molecular flexibility index (Phi) is 8.07. The fourth-order valence-electron chi connectivity index (χ4n) is 3.53. The number of ketones is 1. The number of nitrogens with zero attached hydrogens (tertiary/aromatic N) is 2. The van der Waals surface area contributed by atoms with E-state index in [2.05, 4.69) is 4.99 Å². The van der Waals surface area contributed by atoms with E-state index < -0.39 is 0 Å². The number of rotatable bonds is 9. The molecule has 1 heterocycles. The standard InChI is InChI=1S/C28H26N2O5S/c1-4-35-24-15-9-21(10-16-24)30-27(32)25(17-19-5-11-22(33-2)12-6-19)29-28(30)36-18-26(31)20-7-13-23(34-3)14-8-20/h5-17H,4,18H2,1-3H3. The van der Waals surface area contributed by atoms with Gasteiger partial charge in [0, 0.05) is 5.56 Å². The monoisotopic (exact) mass is 502 g/mol. The van der Waals surface area contributed by atoms with Gasteiger partial charge in [0.05, 0.1) is 32.3 Å². The van der Waals surface area contributed by atoms with Gasteiger partial charge in [0.15, 0.2) is 11.0 Å². The van der Waals surface area contributed by atoms with Crippen LogP contribution in [-0.4, -0.2) is 43.4 Å². The topological polar surface area (TPSA) is 77.4 Å². The van der Waals surface area contributed by atoms with E-state index in [0.717, 1.165) is 11.3 Å². The molecule has 184 valence electrons. The van der Waals surface area contributed by atoms with E-state index in [1.165, 1.54) is 16.7 Å². The molecule has 8 heteroatoms. The number of amidine groups is 1. The van der Waals surface area contributed by atoms with Crippen molar-refractivity contribution in [3.8, 4) is 17.2 Å². The molecule has 0 radical (unpaired) electrons. The summed E-state index contributed by atoms with van der Waals surface area (Å²) in [5.41, 5.74) is 2.31. The Morgan fingerprint density at radius 1 is 0.889 bits per heavy atom. The summed E-state index contributed by atoms with van der Waals surface area (Å²) in [6.07, 6.45) is 1.72. The van der Waals surface area contributed by atoms with Gasteiger partial charge in [0.25, 0.3) is 5.91 Å². The zero-order valence-corrected chi connectivity index (χ0v) is 21.1. The maximum atomic E-state index is 13.4. The van der Waals surface area contributed by atoms with Crippen molar-refractivity contribution < 1.29 is 23.8 Å². The van der Waals surface area contributed by atoms with Crippen LogP contribution in [0.2, 0.25) is 0 Å². The summed E-state index contributed by atoms with van der Waals surface area (Å²) in [7, 11) is 3.18. The minimum absolute atomic E-state index is 0.0722. The molecule has 0 unspecified atom stereocenters. The van der Waals surface area contributed by atoms with Crippen molar-refractivity contribution in [1.29, 1.82) is 0 Å². The van der Waals surface area contributed by atoms with Gasteiger partial charge < -0.3 is 14.2 Å². The molecule has 3 aromatic rings. The van der Waals surface area contributed by atoms with Crippen LogP contribution in [0, 0.1) is 0 Å². The molecule has 36 heavy (non-hydrogen) atoms. The molecule has 4 rings (SSSR count). The van der Waals surface area contributed by atoms with Crippen LogP contribution in [0.1, 0.15) is 22.8 Å². The number of carbonyl (C=O) groups is 2. The maximum absolute atomic E-state index is 13.4. The lowest BCUT2D eigenvalue weighted by molar-refractivity contribution is -0.113. The van der Waals surface area contributed by atoms with Gasteiger partial charge in [-0.1, -0.05) is 23.9 Å². The lowest BCUT2D eigenvalue weighted by Gasteiger charge is -2.18. The first-order valence-electron chi connectivity index (χ1n) is 11.3. The minimum Gasteiger partial charge on any atom is -0.497 e. The van der Waals surface area contributed by atoms with Gasteiger partial charge in [-0.25, -0.2) is 4.99 Å². The van der Waals surface area contributed by atoms with Crippen molar-refractivity contribution >= 4 is 40.4 Å². The van der Waals surface area contributed by atoms with Gasteiger partial charge in [0.2, 0.25) is 0 Å². The molecule has 0 saturated carbocycles. The van der Waals surface area contributed by atoms with Crippen molar-refractivity contribution in [3.05, 3.63) is 89.6 Å². The second-order valence-electron chi connectivity index (χ2n) is 7.70. The van der Waals surface area contributed by atoms with Crippen molar-refractivity contribution in [2.24, 2.45) is 4.99 Å². The van der Waals surface area contributed by atoms with Crippen molar-refractivity contribution in [3.63, 3.8) is 0 Å². The average molecular weight is 503 g/mol. The fourth-order valence-corrected chi connectivity index (χ4v) is 4.43. The molecule has 1 amide bonds. The van der Waals surface area contributed by atoms with Gasteiger partial charge in [-0.2, -0.15) is 0 Å². The van der Waals surface area contributed by atoms with E-state index in [-0.39, 0.29) is 23.1 Å². The molecule has 0 fully saturated rings. The molecule has 7 nitrogen and oxygen atoms in total. The Bertz CT molecular complexity index is 1280. The summed E-state index contributed by atoms with van der Waals surface area (Å²) >= 11 is 1.22. The Labute approximate surface area is 214 Å². The van der Waals surface area contributed by atoms with Gasteiger partial charge in [-0.15, -0.1) is 0 Å². The van der Waals surface area contributed by atoms with Gasteiger partial charge in [-0.05, 0) is 79.2 Å². The third-order valence-electron chi connectivity index (χ3n) is 5.40. The average Bonchev–Trinajstić information content (AvgIpc) is 3.23. The number of methoxy groups -OCH3 is 2. The smallest absolute Gasteiger partial charge is 0.283 e. The summed E-state index contributed by atoms with van der Waals surface area (Å²) in [5.74, 6) is 1.90. The summed E-state index contributed by atoms with van der Waals surface area (Å²) < 4.78 is 15.9. The number of hydrogen-bond acceptors (Lipinski definition) is 7. The van der Waals surface area contributed by atoms with Crippen LogP contribution in [0.15, 0.2) is 83.5 Å². The molecule has 0 atom stereocenters. The summed E-state index contributed by atoms with van der Waals surface area (Å²) in [6.45, 7) is 2.46. The second kappa shape index (κ2) is 11.6. The van der Waals surface area contributed by atoms with Crippen LogP contribution in [0.5, 0.6) is 17.2 Å². The SMILES string of the molecule is CCOc1ccc(N2C(=O)C(=Cc3ccc(OC)cc3)N=C2SCC(=O)c2ccc(OC)cc2)cc1. The molecule has 0 aliphatic carbocycles. The van der Waals surface area contributed by atoms with E-state index >= 15 is 0 Å². The van der Waals surface area contributed by atoms with Gasteiger partial charge in [-0.3, -0.25) is 14.5 Å². The Morgan fingerprint density at radius 3 is 2.06 bits per heavy atom. The number of carbonyl (C=O) groups excluding carboxylic acids is 2. The summed E-state index contributed by atoms with van der Waals surface area (Å²) in [5, 5.41) is 0.436. The highest BCUT2D eigenvalue weighted by Gasteiger charge is 2.32. The van der Waals surface area contributed by atoms with Gasteiger partial charge >= 0.3 is 0 Å². The number of benzene rings is 3. The van der Waals surface area contributed by atoms with E-state index in [1.807, 2.05) is 43.3 Å². The minimum atomic E-state index is -0.269. The van der Waals surface area contributed by atoms with Gasteiger partial charge in [0.1, 0.15) is 22.9 Å². The maximum Gasteiger partial charge on any atom is 0.283 e. The normalized spacial score (nSPS) is 14.1. The molecular weight excluding hydrogens is 476 g/mol. The lowest BCUT2D eigenvalue weighted by Crippen LogP contribution is -2.30. The second-order valence-corrected chi connectivity index (χ2v) is 8.65. The number of anilines is 1. The zero-order valence-electron chi connectivity index (χ0n) is 20.3. The zero-order chi connectivity index (χ0) is 25.5. The van der Waals surface area contributed by atoms with Crippen LogP contribution in [-0.2, 0) is 4.79 Å². The van der Waals surface area contributed by atoms with E-state index in [1.54, 1.807) is 56.7 Å². The third-order valence-corrected chi connectivity index (χ3v) is 6.34. The van der Waals surface area contributed by atoms with Crippen LogP contribution < -0.4 is 19.1 Å². The molecule has 0 bridgehead atoms. The molecule has 0 spiro atoms. The highest BCUT2D eigenvalue weighted by Crippen LogP contribution is 2.31. The first-order valence-corrected chi connectivity index (χ1v) is 12.3. The van der Waals surface area contributed by atoms with Crippen LogP contribution >= 0.6 is 11.8 Å². The Balaban J connectivity index is 1.60. The van der Waals surface area contributed by atoms with E-state index in [0.29, 0.717) is 34.5 Å². The third kappa shape index (κ3) is 5.78. The van der Waals surface area contributed by atoms with Crippen molar-refractivity contribution in [2.45, 2.75) is 6.92 Å². The fraction of sp³-hybridized carbons (Fsp3) is 0.179. The number of ether oxygens (including phenoxy) is 3. The first kappa shape index (κ1) is 25.1. The summed E-state index contributed by atoms with van der Waals surface area (Å²) in [6, 6.07) is 21.5. The van der Waals surface area contributed by atoms with E-state index in [4.69, 9.17) is 14.2 Å². The van der Waals surface area contributed by atoms with Crippen molar-refractivity contribution in [2.75, 3.05) is 31.5 Å². The summed E-state index contributed by atoms with van der Waals surface area (Å²) in [4.78, 5) is 32.4. The molecule has 1 aliphatic heterocycles. The first-order chi connectivity index (χ1) is 17.5. The predicted octanol–water partition coefficient (Wildman–Crippen LogP) is 5.46. The molecule has 0 aromatic heterocycles. The number of amides is 1. The van der Waals surface area contributed by atoms with E-state index in [9.17, 15) is 9.59 Å². The predicted molar refractivity (Wildman–Crippen MR) is 143 cm³/mol. The highest BCUT2D eigenvalue weighted by molar-refractivity contribution is 8.14. The molecule has 0 saturated heterocycles. The van der Waals surface area contributed by atoms with Crippen LogP contribution in [0.4, 0.5) is 5.69 Å². The van der Waals surface area contributed by atoms with Crippen LogP contribution in [0.25, 0.3) is 6.08 Å². The quantitative estimate of drug-likeness (QED) is 0.286. The molecule has 1 aliphatic rings. The number of hydrogen-bond donors (Lipinski definition) is 0. The number of thioether (sulfide) groups is 1. The van der Waals surface area contributed by atoms with Crippen LogP contribution in [0.3, 0.4) is 0 Å². The van der Waals surface area contributed by atoms with Crippen molar-refractivity contribution in [1.82, 2.24) is 0 Å². The molecule has 0 N–H and O–H groups in total. The Morgan fingerprint density at radius 2 is 1.47 bits per heavy atom. The largest absolute Gasteiger partial charge is 0.497 e. The number of aliphatic imine (C=N–C) groups is 1. The molecule has 3 aromatic carbocycles.